The maximum atomic E-state index is 11.1. The normalized spacial score (nSPS) is 10.8. The molecule has 0 bridgehead atoms. The molecule has 0 atom stereocenters. The van der Waals surface area contributed by atoms with E-state index in [-0.39, 0.29) is 5.56 Å². The molecule has 2 aromatic heterocycles. The second-order valence-corrected chi connectivity index (χ2v) is 3.28. The predicted molar refractivity (Wildman–Crippen MR) is 48.1 cm³/mol. The third-order valence-corrected chi connectivity index (χ3v) is 2.32. The Morgan fingerprint density at radius 1 is 1.58 bits per heavy atom. The highest BCUT2D eigenvalue weighted by Crippen LogP contribution is 2.09. The van der Waals surface area contributed by atoms with Crippen LogP contribution in [0, 0.1) is 0 Å². The van der Waals surface area contributed by atoms with Crippen molar-refractivity contribution in [3.63, 3.8) is 0 Å². The fourth-order valence-electron chi connectivity index (χ4n) is 1.07. The largest absolute Gasteiger partial charge is 0.281 e. The van der Waals surface area contributed by atoms with E-state index in [0.717, 1.165) is 4.60 Å². The summed E-state index contributed by atoms with van der Waals surface area (Å²) in [5.41, 5.74) is -0.0550. The molecule has 0 fully saturated rings. The molecule has 0 unspecified atom stereocenters. The number of aromatic nitrogens is 3. The van der Waals surface area contributed by atoms with E-state index >= 15 is 0 Å². The van der Waals surface area contributed by atoms with Gasteiger partial charge in [-0.05, 0) is 15.9 Å². The number of hydrogen-bond donors (Lipinski definition) is 0. The van der Waals surface area contributed by atoms with Gasteiger partial charge in [0.2, 0.25) is 5.78 Å². The van der Waals surface area contributed by atoms with Gasteiger partial charge in [-0.3, -0.25) is 13.8 Å². The van der Waals surface area contributed by atoms with Gasteiger partial charge in [0.15, 0.2) is 0 Å². The lowest BCUT2D eigenvalue weighted by Gasteiger charge is -1.98. The van der Waals surface area contributed by atoms with Crippen molar-refractivity contribution in [2.45, 2.75) is 0 Å². The summed E-state index contributed by atoms with van der Waals surface area (Å²) in [4.78, 5) is 15.2. The molecule has 5 heteroatoms. The second kappa shape index (κ2) is 2.45. The molecule has 0 aromatic carbocycles. The third-order valence-electron chi connectivity index (χ3n) is 1.73. The Labute approximate surface area is 76.6 Å². The molecule has 62 valence electrons. The van der Waals surface area contributed by atoms with Crippen LogP contribution in [0.25, 0.3) is 5.78 Å². The third kappa shape index (κ3) is 0.896. The van der Waals surface area contributed by atoms with Gasteiger partial charge in [0.1, 0.15) is 4.60 Å². The maximum absolute atomic E-state index is 11.1. The van der Waals surface area contributed by atoms with Gasteiger partial charge < -0.3 is 0 Å². The topological polar surface area (TPSA) is 39.3 Å². The Morgan fingerprint density at radius 2 is 2.33 bits per heavy atom. The maximum Gasteiger partial charge on any atom is 0.254 e. The highest BCUT2D eigenvalue weighted by molar-refractivity contribution is 9.10. The minimum absolute atomic E-state index is 0.0550. The Hall–Kier alpha value is -1.10. The molecule has 0 spiro atoms. The molecule has 0 saturated carbocycles. The fourth-order valence-corrected chi connectivity index (χ4v) is 1.44. The molecule has 0 aliphatic carbocycles. The zero-order valence-electron chi connectivity index (χ0n) is 6.36. The van der Waals surface area contributed by atoms with Crippen LogP contribution in [0.15, 0.2) is 27.9 Å². The Kier molecular flexibility index (Phi) is 1.54. The van der Waals surface area contributed by atoms with E-state index in [9.17, 15) is 4.79 Å². The molecule has 4 nitrogen and oxygen atoms in total. The Morgan fingerprint density at radius 3 is 3.08 bits per heavy atom. The number of fused-ring (bicyclic) bond motifs is 1. The van der Waals surface area contributed by atoms with Crippen LogP contribution in [0.4, 0.5) is 0 Å². The van der Waals surface area contributed by atoms with Crippen molar-refractivity contribution < 1.29 is 0 Å². The van der Waals surface area contributed by atoms with Crippen molar-refractivity contribution in [2.24, 2.45) is 7.05 Å². The quantitative estimate of drug-likeness (QED) is 0.668. The van der Waals surface area contributed by atoms with E-state index < -0.39 is 0 Å². The van der Waals surface area contributed by atoms with Crippen LogP contribution in [-0.2, 0) is 7.05 Å². The second-order valence-electron chi connectivity index (χ2n) is 2.46. The smallest absolute Gasteiger partial charge is 0.254 e. The van der Waals surface area contributed by atoms with Crippen molar-refractivity contribution in [1.82, 2.24) is 14.0 Å². The van der Waals surface area contributed by atoms with Gasteiger partial charge in [-0.1, -0.05) is 0 Å². The van der Waals surface area contributed by atoms with Crippen molar-refractivity contribution in [2.75, 3.05) is 0 Å². The number of imidazole rings is 1. The minimum Gasteiger partial charge on any atom is -0.281 e. The van der Waals surface area contributed by atoms with Gasteiger partial charge in [-0.2, -0.15) is 0 Å². The highest BCUT2D eigenvalue weighted by Gasteiger charge is 2.02. The summed E-state index contributed by atoms with van der Waals surface area (Å²) in [7, 11) is 1.69. The summed E-state index contributed by atoms with van der Waals surface area (Å²) in [6, 6.07) is 1.50. The van der Waals surface area contributed by atoms with E-state index in [4.69, 9.17) is 0 Å². The number of halogens is 1. The Bertz CT molecular complexity index is 485. The van der Waals surface area contributed by atoms with Crippen molar-refractivity contribution >= 4 is 21.7 Å². The lowest BCUT2D eigenvalue weighted by molar-refractivity contribution is 0.840. The van der Waals surface area contributed by atoms with E-state index in [1.807, 2.05) is 0 Å². The molecule has 12 heavy (non-hydrogen) atoms. The molecular weight excluding hydrogens is 222 g/mol. The van der Waals surface area contributed by atoms with Crippen LogP contribution in [0.1, 0.15) is 0 Å². The summed E-state index contributed by atoms with van der Waals surface area (Å²) in [5, 5.41) is 0. The van der Waals surface area contributed by atoms with E-state index in [2.05, 4.69) is 20.9 Å². The zero-order chi connectivity index (χ0) is 8.72. The van der Waals surface area contributed by atoms with Crippen LogP contribution < -0.4 is 5.56 Å². The molecule has 0 saturated heterocycles. The van der Waals surface area contributed by atoms with Gasteiger partial charge in [-0.25, -0.2) is 4.98 Å². The van der Waals surface area contributed by atoms with Crippen molar-refractivity contribution in [1.29, 1.82) is 0 Å². The summed E-state index contributed by atoms with van der Waals surface area (Å²) < 4.78 is 4.12. The molecule has 0 radical (unpaired) electrons. The van der Waals surface area contributed by atoms with Crippen molar-refractivity contribution in [3.05, 3.63) is 33.4 Å². The minimum atomic E-state index is -0.0550. The number of hydrogen-bond acceptors (Lipinski definition) is 2. The first-order valence-electron chi connectivity index (χ1n) is 3.39. The lowest BCUT2D eigenvalue weighted by Crippen LogP contribution is -2.17. The molecule has 0 amide bonds. The SMILES string of the molecule is Cn1c(=O)ccn2c(Br)cnc12. The standard InChI is InChI=1S/C7H6BrN3O/c1-10-6(12)2-3-11-5(8)4-9-7(10)11/h2-4H,1H3. The summed E-state index contributed by atoms with van der Waals surface area (Å²) >= 11 is 3.31. The summed E-state index contributed by atoms with van der Waals surface area (Å²) in [6.45, 7) is 0. The number of aryl methyl sites for hydroxylation is 1. The lowest BCUT2D eigenvalue weighted by atomic mass is 10.6. The Balaban J connectivity index is 3.02. The van der Waals surface area contributed by atoms with E-state index in [1.165, 1.54) is 10.6 Å². The first-order valence-corrected chi connectivity index (χ1v) is 4.18. The number of nitrogens with zero attached hydrogens (tertiary/aromatic N) is 3. The first-order chi connectivity index (χ1) is 5.70. The number of rotatable bonds is 0. The zero-order valence-corrected chi connectivity index (χ0v) is 7.95. The van der Waals surface area contributed by atoms with E-state index in [0.29, 0.717) is 5.78 Å². The molecule has 0 N–H and O–H groups in total. The molecule has 0 aliphatic heterocycles. The first kappa shape index (κ1) is 7.54. The van der Waals surface area contributed by atoms with E-state index in [1.54, 1.807) is 23.8 Å². The van der Waals surface area contributed by atoms with Gasteiger partial charge >= 0.3 is 0 Å². The molecule has 2 heterocycles. The van der Waals surface area contributed by atoms with Gasteiger partial charge in [-0.15, -0.1) is 0 Å². The average Bonchev–Trinajstić information content (AvgIpc) is 2.41. The van der Waals surface area contributed by atoms with Crippen LogP contribution in [0.5, 0.6) is 0 Å². The fraction of sp³-hybridized carbons (Fsp3) is 0.143. The monoisotopic (exact) mass is 227 g/mol. The van der Waals surface area contributed by atoms with Crippen LogP contribution in [0.2, 0.25) is 0 Å². The van der Waals surface area contributed by atoms with Crippen molar-refractivity contribution in [3.8, 4) is 0 Å². The molecule has 2 aromatic rings. The average molecular weight is 228 g/mol. The highest BCUT2D eigenvalue weighted by atomic mass is 79.9. The summed E-state index contributed by atoms with van der Waals surface area (Å²) in [5.74, 6) is 0.634. The predicted octanol–water partition coefficient (Wildman–Crippen LogP) is 0.795. The van der Waals surface area contributed by atoms with Gasteiger partial charge in [0.25, 0.3) is 5.56 Å². The molecular formula is C7H6BrN3O. The molecule has 2 rings (SSSR count). The van der Waals surface area contributed by atoms with Crippen LogP contribution >= 0.6 is 15.9 Å². The van der Waals surface area contributed by atoms with Gasteiger partial charge in [0, 0.05) is 19.3 Å². The van der Waals surface area contributed by atoms with Crippen LogP contribution in [-0.4, -0.2) is 14.0 Å². The summed E-state index contributed by atoms with van der Waals surface area (Å²) in [6.07, 6.45) is 3.35. The molecule has 0 aliphatic rings. The van der Waals surface area contributed by atoms with Crippen LogP contribution in [0.3, 0.4) is 0 Å². The van der Waals surface area contributed by atoms with Gasteiger partial charge in [0.05, 0.1) is 6.20 Å².